The fourth-order valence-corrected chi connectivity index (χ4v) is 2.85. The molecule has 0 aliphatic carbocycles. The van der Waals surface area contributed by atoms with E-state index in [9.17, 15) is 4.79 Å². The summed E-state index contributed by atoms with van der Waals surface area (Å²) in [5.74, 6) is 0.786. The average molecular weight is 339 g/mol. The van der Waals surface area contributed by atoms with Crippen LogP contribution in [0.3, 0.4) is 0 Å². The van der Waals surface area contributed by atoms with Gasteiger partial charge in [0, 0.05) is 24.4 Å². The molecule has 132 valence electrons. The zero-order valence-corrected chi connectivity index (χ0v) is 15.1. The number of carbonyl (C=O) groups excluding carboxylic acids is 1. The molecule has 0 bridgehead atoms. The number of hydrogen-bond donors (Lipinski definition) is 0. The van der Waals surface area contributed by atoms with Gasteiger partial charge in [0.1, 0.15) is 6.10 Å². The van der Waals surface area contributed by atoms with Crippen LogP contribution in [0, 0.1) is 17.2 Å². The fraction of sp³-hybridized carbons (Fsp3) is 0.450. The Morgan fingerprint density at radius 1 is 1.52 bits per heavy atom. The van der Waals surface area contributed by atoms with Gasteiger partial charge in [-0.1, -0.05) is 32.1 Å². The Labute approximate surface area is 149 Å². The maximum absolute atomic E-state index is 12.8. The monoisotopic (exact) mass is 339 g/mol. The van der Waals surface area contributed by atoms with Gasteiger partial charge in [-0.05, 0) is 31.7 Å². The molecule has 1 fully saturated rings. The van der Waals surface area contributed by atoms with Gasteiger partial charge in [-0.15, -0.1) is 0 Å². The average Bonchev–Trinajstić information content (AvgIpc) is 2.61. The van der Waals surface area contributed by atoms with Crippen LogP contribution in [-0.4, -0.2) is 35.0 Å². The molecule has 0 N–H and O–H groups in total. The Morgan fingerprint density at radius 2 is 2.32 bits per heavy atom. The van der Waals surface area contributed by atoms with E-state index in [0.717, 1.165) is 25.0 Å². The van der Waals surface area contributed by atoms with Crippen molar-refractivity contribution < 1.29 is 9.53 Å². The fourth-order valence-electron chi connectivity index (χ4n) is 2.85. The molecule has 2 rings (SSSR count). The van der Waals surface area contributed by atoms with E-state index in [1.165, 1.54) is 0 Å². The quantitative estimate of drug-likeness (QED) is 0.608. The molecule has 1 atom stereocenters. The lowest BCUT2D eigenvalue weighted by molar-refractivity contribution is -0.129. The first-order chi connectivity index (χ1) is 12.0. The van der Waals surface area contributed by atoms with Crippen LogP contribution in [-0.2, 0) is 4.79 Å². The highest BCUT2D eigenvalue weighted by Gasteiger charge is 2.26. The van der Waals surface area contributed by atoms with Gasteiger partial charge in [0.2, 0.25) is 5.88 Å². The van der Waals surface area contributed by atoms with E-state index in [1.54, 1.807) is 18.3 Å². The van der Waals surface area contributed by atoms with Crippen LogP contribution in [0.5, 0.6) is 5.88 Å². The molecule has 1 amide bonds. The predicted molar refractivity (Wildman–Crippen MR) is 96.9 cm³/mol. The number of likely N-dealkylation sites (tertiary alicyclic amines) is 1. The van der Waals surface area contributed by atoms with Gasteiger partial charge >= 0.3 is 0 Å². The number of carbonyl (C=O) groups is 1. The van der Waals surface area contributed by atoms with Gasteiger partial charge in [0.25, 0.3) is 5.91 Å². The molecule has 1 aromatic heterocycles. The Bertz CT molecular complexity index is 701. The van der Waals surface area contributed by atoms with Gasteiger partial charge in [0.15, 0.2) is 0 Å². The van der Waals surface area contributed by atoms with E-state index >= 15 is 0 Å². The number of amides is 1. The van der Waals surface area contributed by atoms with Crippen molar-refractivity contribution in [2.24, 2.45) is 5.92 Å². The third-order valence-corrected chi connectivity index (χ3v) is 3.92. The standard InChI is InChI=1S/C20H25N3O2/c1-4-6-17(11-15(2)3)20(24)23-10-5-7-18(14-23)25-19-12-16(13-21)8-9-22-19/h4,6,8-9,11-12,15,18H,5,7,10,14H2,1-3H3/b6-4-,17-11+/t18-/m1/s1. The molecule has 2 heterocycles. The number of rotatable bonds is 5. The number of aromatic nitrogens is 1. The summed E-state index contributed by atoms with van der Waals surface area (Å²) in [6, 6.07) is 5.35. The van der Waals surface area contributed by atoms with Crippen LogP contribution in [0.25, 0.3) is 0 Å². The van der Waals surface area contributed by atoms with E-state index in [-0.39, 0.29) is 12.0 Å². The zero-order chi connectivity index (χ0) is 18.2. The van der Waals surface area contributed by atoms with Crippen LogP contribution in [0.2, 0.25) is 0 Å². The third kappa shape index (κ3) is 5.46. The molecular formula is C20H25N3O2. The molecule has 0 spiro atoms. The minimum Gasteiger partial charge on any atom is -0.472 e. The molecule has 0 aromatic carbocycles. The summed E-state index contributed by atoms with van der Waals surface area (Å²) < 4.78 is 5.91. The number of nitrogens with zero attached hydrogens (tertiary/aromatic N) is 3. The lowest BCUT2D eigenvalue weighted by Gasteiger charge is -2.33. The van der Waals surface area contributed by atoms with Crippen LogP contribution in [0.1, 0.15) is 39.2 Å². The van der Waals surface area contributed by atoms with Crippen LogP contribution in [0.4, 0.5) is 0 Å². The van der Waals surface area contributed by atoms with Crippen molar-refractivity contribution in [2.45, 2.75) is 39.7 Å². The topological polar surface area (TPSA) is 66.2 Å². The summed E-state index contributed by atoms with van der Waals surface area (Å²) in [7, 11) is 0. The Hall–Kier alpha value is -2.61. The van der Waals surface area contributed by atoms with Gasteiger partial charge in [-0.25, -0.2) is 4.98 Å². The first-order valence-corrected chi connectivity index (χ1v) is 8.70. The summed E-state index contributed by atoms with van der Waals surface area (Å²) in [4.78, 5) is 18.8. The molecular weight excluding hydrogens is 314 g/mol. The summed E-state index contributed by atoms with van der Waals surface area (Å²) in [5, 5.41) is 8.97. The highest BCUT2D eigenvalue weighted by atomic mass is 16.5. The van der Waals surface area contributed by atoms with Crippen LogP contribution >= 0.6 is 0 Å². The number of pyridine rings is 1. The SMILES string of the molecule is C/C=C\C(=C/C(C)C)C(=O)N1CCC[C@@H](Oc2cc(C#N)ccn2)C1. The lowest BCUT2D eigenvalue weighted by atomic mass is 10.0. The first-order valence-electron chi connectivity index (χ1n) is 8.70. The van der Waals surface area contributed by atoms with E-state index < -0.39 is 0 Å². The Kier molecular flexibility index (Phi) is 6.76. The van der Waals surface area contributed by atoms with Crippen molar-refractivity contribution in [1.29, 1.82) is 5.26 Å². The van der Waals surface area contributed by atoms with E-state index in [2.05, 4.69) is 24.9 Å². The normalized spacial score (nSPS) is 18.4. The molecule has 0 saturated carbocycles. The van der Waals surface area contributed by atoms with Crippen molar-refractivity contribution >= 4 is 5.91 Å². The molecule has 0 radical (unpaired) electrons. The number of ether oxygens (including phenoxy) is 1. The zero-order valence-electron chi connectivity index (χ0n) is 15.1. The Balaban J connectivity index is 2.06. The minimum absolute atomic E-state index is 0.0406. The summed E-state index contributed by atoms with van der Waals surface area (Å²) >= 11 is 0. The van der Waals surface area contributed by atoms with Crippen molar-refractivity contribution in [2.75, 3.05) is 13.1 Å². The smallest absolute Gasteiger partial charge is 0.253 e. The molecule has 1 aromatic rings. The maximum Gasteiger partial charge on any atom is 0.253 e. The Morgan fingerprint density at radius 3 is 3.00 bits per heavy atom. The molecule has 25 heavy (non-hydrogen) atoms. The second kappa shape index (κ2) is 9.03. The van der Waals surface area contributed by atoms with Gasteiger partial charge in [-0.3, -0.25) is 4.79 Å². The molecule has 0 unspecified atom stereocenters. The van der Waals surface area contributed by atoms with Crippen LogP contribution < -0.4 is 4.74 Å². The molecule has 1 aliphatic heterocycles. The molecule has 1 aliphatic rings. The van der Waals surface area contributed by atoms with Crippen molar-refractivity contribution in [1.82, 2.24) is 9.88 Å². The van der Waals surface area contributed by atoms with Gasteiger partial charge in [-0.2, -0.15) is 5.26 Å². The molecule has 5 heteroatoms. The molecule has 5 nitrogen and oxygen atoms in total. The first kappa shape index (κ1) is 18.7. The highest BCUT2D eigenvalue weighted by Crippen LogP contribution is 2.19. The van der Waals surface area contributed by atoms with Gasteiger partial charge in [0.05, 0.1) is 18.2 Å². The highest BCUT2D eigenvalue weighted by molar-refractivity contribution is 5.96. The summed E-state index contributed by atoms with van der Waals surface area (Å²) in [6.07, 6.45) is 8.96. The number of allylic oxidation sites excluding steroid dienone is 2. The lowest BCUT2D eigenvalue weighted by Crippen LogP contribution is -2.44. The van der Waals surface area contributed by atoms with E-state index in [4.69, 9.17) is 10.00 Å². The maximum atomic E-state index is 12.8. The number of piperidine rings is 1. The van der Waals surface area contributed by atoms with Crippen molar-refractivity contribution in [3.8, 4) is 11.9 Å². The third-order valence-electron chi connectivity index (χ3n) is 3.92. The summed E-state index contributed by atoms with van der Waals surface area (Å²) in [5.41, 5.74) is 1.24. The van der Waals surface area contributed by atoms with Crippen molar-refractivity contribution in [3.63, 3.8) is 0 Å². The van der Waals surface area contributed by atoms with Crippen LogP contribution in [0.15, 0.2) is 42.1 Å². The number of hydrogen-bond acceptors (Lipinski definition) is 4. The predicted octanol–water partition coefficient (Wildman–Crippen LogP) is 3.48. The molecule has 1 saturated heterocycles. The van der Waals surface area contributed by atoms with Crippen molar-refractivity contribution in [3.05, 3.63) is 47.7 Å². The number of nitriles is 1. The largest absolute Gasteiger partial charge is 0.472 e. The second-order valence-electron chi connectivity index (χ2n) is 6.49. The van der Waals surface area contributed by atoms with E-state index in [1.807, 2.05) is 30.1 Å². The minimum atomic E-state index is -0.106. The van der Waals surface area contributed by atoms with E-state index in [0.29, 0.717) is 23.9 Å². The second-order valence-corrected chi connectivity index (χ2v) is 6.49. The summed E-state index contributed by atoms with van der Waals surface area (Å²) in [6.45, 7) is 7.30. The van der Waals surface area contributed by atoms with Gasteiger partial charge < -0.3 is 9.64 Å².